The Morgan fingerprint density at radius 3 is 2.78 bits per heavy atom. The molecule has 1 aromatic carbocycles. The summed E-state index contributed by atoms with van der Waals surface area (Å²) in [4.78, 5) is 30.5. The topological polar surface area (TPSA) is 67.2 Å². The average molecular weight is 370 g/mol. The van der Waals surface area contributed by atoms with Crippen molar-refractivity contribution >= 4 is 11.8 Å². The standard InChI is InChI=1S/C20H23FN4O2/c21-17-10-14(3-6-18(17)25-9-7-22-13-25)11-23-19(26)16-2-1-8-24(12-16)20(27)15-4-5-15/h3,6-7,9-10,13,15-16H,1-2,4-5,8,11-12H2,(H,23,26)/t16-/m1/s1. The summed E-state index contributed by atoms with van der Waals surface area (Å²) < 4.78 is 15.9. The molecule has 7 heteroatoms. The summed E-state index contributed by atoms with van der Waals surface area (Å²) in [5.74, 6) is -0.231. The monoisotopic (exact) mass is 370 g/mol. The zero-order valence-electron chi connectivity index (χ0n) is 15.1. The summed E-state index contributed by atoms with van der Waals surface area (Å²) in [6.45, 7) is 1.52. The van der Waals surface area contributed by atoms with E-state index in [0.717, 1.165) is 32.2 Å². The molecule has 2 fully saturated rings. The quantitative estimate of drug-likeness (QED) is 0.878. The van der Waals surface area contributed by atoms with Gasteiger partial charge in [-0.15, -0.1) is 0 Å². The van der Waals surface area contributed by atoms with Gasteiger partial charge in [-0.2, -0.15) is 0 Å². The fourth-order valence-electron chi connectivity index (χ4n) is 3.58. The lowest BCUT2D eigenvalue weighted by Crippen LogP contribution is -2.45. The highest BCUT2D eigenvalue weighted by molar-refractivity contribution is 5.83. The Kier molecular flexibility index (Phi) is 4.92. The third-order valence-corrected chi connectivity index (χ3v) is 5.29. The molecular formula is C20H23FN4O2. The first kappa shape index (κ1) is 17.7. The Morgan fingerprint density at radius 1 is 1.22 bits per heavy atom. The number of benzene rings is 1. The van der Waals surface area contributed by atoms with E-state index in [0.29, 0.717) is 17.8 Å². The van der Waals surface area contributed by atoms with E-state index in [2.05, 4.69) is 10.3 Å². The molecule has 0 unspecified atom stereocenters. The molecule has 1 aromatic heterocycles. The molecule has 2 aromatic rings. The van der Waals surface area contributed by atoms with Crippen LogP contribution in [-0.2, 0) is 16.1 Å². The molecule has 1 saturated carbocycles. The SMILES string of the molecule is O=C(NCc1ccc(-n2ccnc2)c(F)c1)[C@@H]1CCCN(C(=O)C2CC2)C1. The smallest absolute Gasteiger partial charge is 0.225 e. The summed E-state index contributed by atoms with van der Waals surface area (Å²) in [6, 6.07) is 4.90. The molecule has 2 aliphatic rings. The highest BCUT2D eigenvalue weighted by Gasteiger charge is 2.36. The van der Waals surface area contributed by atoms with Gasteiger partial charge in [0.25, 0.3) is 0 Å². The minimum atomic E-state index is -0.362. The maximum atomic E-state index is 14.3. The summed E-state index contributed by atoms with van der Waals surface area (Å²) in [5, 5.41) is 2.89. The molecule has 1 N–H and O–H groups in total. The van der Waals surface area contributed by atoms with Gasteiger partial charge >= 0.3 is 0 Å². The molecule has 1 aliphatic heterocycles. The molecule has 1 aliphatic carbocycles. The molecule has 1 atom stereocenters. The molecule has 2 amide bonds. The Balaban J connectivity index is 1.33. The van der Waals surface area contributed by atoms with Crippen molar-refractivity contribution in [3.05, 3.63) is 48.3 Å². The highest BCUT2D eigenvalue weighted by atomic mass is 19.1. The number of imidazole rings is 1. The summed E-state index contributed by atoms with van der Waals surface area (Å²) >= 11 is 0. The number of halogens is 1. The van der Waals surface area contributed by atoms with Gasteiger partial charge in [0.1, 0.15) is 5.82 Å². The Labute approximate surface area is 157 Å². The van der Waals surface area contributed by atoms with Crippen molar-refractivity contribution in [2.75, 3.05) is 13.1 Å². The van der Waals surface area contributed by atoms with Crippen LogP contribution in [0.2, 0.25) is 0 Å². The van der Waals surface area contributed by atoms with Crippen LogP contribution in [0.25, 0.3) is 5.69 Å². The van der Waals surface area contributed by atoms with E-state index in [1.807, 2.05) is 4.90 Å². The third kappa shape index (κ3) is 4.02. The predicted octanol–water partition coefficient (Wildman–Crippen LogP) is 2.28. The largest absolute Gasteiger partial charge is 0.352 e. The van der Waals surface area contributed by atoms with Crippen LogP contribution in [0.1, 0.15) is 31.2 Å². The number of hydrogen-bond acceptors (Lipinski definition) is 3. The average Bonchev–Trinajstić information content (AvgIpc) is 3.40. The number of carbonyl (C=O) groups excluding carboxylic acids is 2. The van der Waals surface area contributed by atoms with Crippen LogP contribution in [-0.4, -0.2) is 39.4 Å². The number of carbonyl (C=O) groups is 2. The lowest BCUT2D eigenvalue weighted by atomic mass is 9.96. The van der Waals surface area contributed by atoms with E-state index in [1.165, 1.54) is 12.4 Å². The van der Waals surface area contributed by atoms with Crippen LogP contribution in [0, 0.1) is 17.7 Å². The van der Waals surface area contributed by atoms with Gasteiger partial charge < -0.3 is 14.8 Å². The molecule has 4 rings (SSSR count). The minimum absolute atomic E-state index is 0.0672. The zero-order valence-corrected chi connectivity index (χ0v) is 15.1. The Hall–Kier alpha value is -2.70. The van der Waals surface area contributed by atoms with Crippen molar-refractivity contribution in [3.8, 4) is 5.69 Å². The Morgan fingerprint density at radius 2 is 2.07 bits per heavy atom. The van der Waals surface area contributed by atoms with Gasteiger partial charge in [-0.05, 0) is 43.4 Å². The van der Waals surface area contributed by atoms with Crippen molar-refractivity contribution in [2.24, 2.45) is 11.8 Å². The first-order valence-electron chi connectivity index (χ1n) is 9.45. The lowest BCUT2D eigenvalue weighted by Gasteiger charge is -2.32. The van der Waals surface area contributed by atoms with E-state index < -0.39 is 0 Å². The maximum absolute atomic E-state index is 14.3. The minimum Gasteiger partial charge on any atom is -0.352 e. The molecule has 6 nitrogen and oxygen atoms in total. The molecule has 27 heavy (non-hydrogen) atoms. The van der Waals surface area contributed by atoms with E-state index in [1.54, 1.807) is 29.1 Å². The normalized spacial score (nSPS) is 19.7. The van der Waals surface area contributed by atoms with E-state index in [4.69, 9.17) is 0 Å². The number of likely N-dealkylation sites (tertiary alicyclic amines) is 1. The van der Waals surface area contributed by atoms with E-state index in [-0.39, 0.29) is 36.0 Å². The van der Waals surface area contributed by atoms with Crippen molar-refractivity contribution < 1.29 is 14.0 Å². The summed E-state index contributed by atoms with van der Waals surface area (Å²) in [5.41, 5.74) is 1.12. The van der Waals surface area contributed by atoms with Crippen molar-refractivity contribution in [1.82, 2.24) is 19.8 Å². The van der Waals surface area contributed by atoms with Crippen LogP contribution in [0.15, 0.2) is 36.9 Å². The van der Waals surface area contributed by atoms with Crippen molar-refractivity contribution in [3.63, 3.8) is 0 Å². The van der Waals surface area contributed by atoms with Gasteiger partial charge in [0, 0.05) is 37.9 Å². The molecule has 0 bridgehead atoms. The van der Waals surface area contributed by atoms with Gasteiger partial charge in [0.2, 0.25) is 11.8 Å². The van der Waals surface area contributed by atoms with Gasteiger partial charge in [-0.25, -0.2) is 9.37 Å². The number of nitrogens with one attached hydrogen (secondary N) is 1. The van der Waals surface area contributed by atoms with E-state index >= 15 is 0 Å². The van der Waals surface area contributed by atoms with Gasteiger partial charge in [-0.3, -0.25) is 9.59 Å². The highest BCUT2D eigenvalue weighted by Crippen LogP contribution is 2.32. The van der Waals surface area contributed by atoms with Crippen LogP contribution in [0.3, 0.4) is 0 Å². The van der Waals surface area contributed by atoms with E-state index in [9.17, 15) is 14.0 Å². The molecule has 142 valence electrons. The molecule has 1 saturated heterocycles. The van der Waals surface area contributed by atoms with Crippen LogP contribution < -0.4 is 5.32 Å². The van der Waals surface area contributed by atoms with Crippen LogP contribution >= 0.6 is 0 Å². The fraction of sp³-hybridized carbons (Fsp3) is 0.450. The molecular weight excluding hydrogens is 347 g/mol. The summed E-state index contributed by atoms with van der Waals surface area (Å²) in [7, 11) is 0. The van der Waals surface area contributed by atoms with Crippen molar-refractivity contribution in [1.29, 1.82) is 0 Å². The zero-order chi connectivity index (χ0) is 18.8. The molecule has 0 radical (unpaired) electrons. The molecule has 2 heterocycles. The first-order valence-corrected chi connectivity index (χ1v) is 9.45. The predicted molar refractivity (Wildman–Crippen MR) is 97.4 cm³/mol. The Bertz CT molecular complexity index is 833. The fourth-order valence-corrected chi connectivity index (χ4v) is 3.58. The maximum Gasteiger partial charge on any atom is 0.225 e. The second-order valence-electron chi connectivity index (χ2n) is 7.37. The van der Waals surface area contributed by atoms with Crippen LogP contribution in [0.4, 0.5) is 4.39 Å². The van der Waals surface area contributed by atoms with Crippen LogP contribution in [0.5, 0.6) is 0 Å². The number of aromatic nitrogens is 2. The second kappa shape index (κ2) is 7.50. The van der Waals surface area contributed by atoms with Crippen molar-refractivity contribution in [2.45, 2.75) is 32.2 Å². The number of rotatable bonds is 5. The number of hydrogen-bond donors (Lipinski definition) is 1. The van der Waals surface area contributed by atoms with Gasteiger partial charge in [0.15, 0.2) is 0 Å². The summed E-state index contributed by atoms with van der Waals surface area (Å²) in [6.07, 6.45) is 8.41. The first-order chi connectivity index (χ1) is 13.1. The number of amides is 2. The van der Waals surface area contributed by atoms with Gasteiger partial charge in [0.05, 0.1) is 17.9 Å². The van der Waals surface area contributed by atoms with Gasteiger partial charge in [-0.1, -0.05) is 6.07 Å². The third-order valence-electron chi connectivity index (χ3n) is 5.29. The second-order valence-corrected chi connectivity index (χ2v) is 7.37. The molecule has 0 spiro atoms. The number of nitrogens with zero attached hydrogens (tertiary/aromatic N) is 3. The number of piperidine rings is 1. The lowest BCUT2D eigenvalue weighted by molar-refractivity contribution is -0.136.